The standard InChI is InChI=1S/C12H23NO4/c1-8(10(14)15)9-5-6-13(7-9)11(16)17-12(2,3)4/h8-10,14-15H,5-7H2,1-4H3. The molecular weight excluding hydrogens is 222 g/mol. The van der Waals surface area contributed by atoms with Gasteiger partial charge in [0.1, 0.15) is 5.60 Å². The Morgan fingerprint density at radius 1 is 1.41 bits per heavy atom. The molecule has 0 saturated carbocycles. The number of amides is 1. The highest BCUT2D eigenvalue weighted by Crippen LogP contribution is 2.26. The summed E-state index contributed by atoms with van der Waals surface area (Å²) in [6.45, 7) is 8.44. The number of nitrogens with zero attached hydrogens (tertiary/aromatic N) is 1. The highest BCUT2D eigenvalue weighted by Gasteiger charge is 2.34. The van der Waals surface area contributed by atoms with Crippen LogP contribution < -0.4 is 0 Å². The first kappa shape index (κ1) is 14.3. The van der Waals surface area contributed by atoms with Gasteiger partial charge in [0, 0.05) is 19.0 Å². The molecule has 1 heterocycles. The Hall–Kier alpha value is -0.810. The van der Waals surface area contributed by atoms with Crippen molar-refractivity contribution in [3.8, 4) is 0 Å². The van der Waals surface area contributed by atoms with E-state index in [9.17, 15) is 4.79 Å². The number of carbonyl (C=O) groups is 1. The van der Waals surface area contributed by atoms with Crippen molar-refractivity contribution in [2.24, 2.45) is 11.8 Å². The maximum atomic E-state index is 11.8. The molecule has 0 radical (unpaired) electrons. The summed E-state index contributed by atoms with van der Waals surface area (Å²) < 4.78 is 5.27. The number of hydrogen-bond acceptors (Lipinski definition) is 4. The summed E-state index contributed by atoms with van der Waals surface area (Å²) in [5.41, 5.74) is -0.489. The third-order valence-corrected chi connectivity index (χ3v) is 3.09. The normalized spacial score (nSPS) is 23.0. The zero-order chi connectivity index (χ0) is 13.2. The van der Waals surface area contributed by atoms with Gasteiger partial charge in [0.15, 0.2) is 6.29 Å². The van der Waals surface area contributed by atoms with Crippen molar-refractivity contribution >= 4 is 6.09 Å². The average Bonchev–Trinajstić information content (AvgIpc) is 2.62. The molecule has 0 aromatic rings. The molecule has 0 aromatic carbocycles. The smallest absolute Gasteiger partial charge is 0.410 e. The molecule has 17 heavy (non-hydrogen) atoms. The molecule has 0 bridgehead atoms. The number of carbonyl (C=O) groups excluding carboxylic acids is 1. The summed E-state index contributed by atoms with van der Waals surface area (Å²) in [4.78, 5) is 13.4. The Bertz CT molecular complexity index is 272. The molecule has 0 aliphatic carbocycles. The van der Waals surface area contributed by atoms with Gasteiger partial charge in [-0.3, -0.25) is 0 Å². The van der Waals surface area contributed by atoms with E-state index in [0.717, 1.165) is 6.42 Å². The lowest BCUT2D eigenvalue weighted by atomic mass is 9.93. The predicted molar refractivity (Wildman–Crippen MR) is 63.3 cm³/mol. The third kappa shape index (κ3) is 4.16. The Labute approximate surface area is 102 Å². The van der Waals surface area contributed by atoms with E-state index < -0.39 is 11.9 Å². The highest BCUT2D eigenvalue weighted by atomic mass is 16.6. The van der Waals surface area contributed by atoms with Gasteiger partial charge in [-0.1, -0.05) is 6.92 Å². The summed E-state index contributed by atoms with van der Waals surface area (Å²) in [7, 11) is 0. The van der Waals surface area contributed by atoms with Crippen molar-refractivity contribution in [3.63, 3.8) is 0 Å². The quantitative estimate of drug-likeness (QED) is 0.717. The third-order valence-electron chi connectivity index (χ3n) is 3.09. The number of likely N-dealkylation sites (tertiary alicyclic amines) is 1. The molecular formula is C12H23NO4. The number of aliphatic hydroxyl groups is 2. The molecule has 5 nitrogen and oxygen atoms in total. The first-order chi connectivity index (χ1) is 7.70. The van der Waals surface area contributed by atoms with Crippen molar-refractivity contribution in [1.29, 1.82) is 0 Å². The van der Waals surface area contributed by atoms with Crippen LogP contribution in [0.3, 0.4) is 0 Å². The summed E-state index contributed by atoms with van der Waals surface area (Å²) in [5.74, 6) is -0.0926. The summed E-state index contributed by atoms with van der Waals surface area (Å²) in [6, 6.07) is 0. The van der Waals surface area contributed by atoms with Gasteiger partial charge in [-0.05, 0) is 33.1 Å². The molecule has 1 fully saturated rings. The topological polar surface area (TPSA) is 70.0 Å². The minimum absolute atomic E-state index is 0.127. The molecule has 0 spiro atoms. The fourth-order valence-corrected chi connectivity index (χ4v) is 1.95. The first-order valence-corrected chi connectivity index (χ1v) is 6.05. The maximum Gasteiger partial charge on any atom is 0.410 e. The molecule has 1 rings (SSSR count). The van der Waals surface area contributed by atoms with Crippen molar-refractivity contribution < 1.29 is 19.7 Å². The van der Waals surface area contributed by atoms with Crippen LogP contribution in [0.4, 0.5) is 4.79 Å². The van der Waals surface area contributed by atoms with Crippen LogP contribution in [0.25, 0.3) is 0 Å². The van der Waals surface area contributed by atoms with Crippen molar-refractivity contribution in [2.75, 3.05) is 13.1 Å². The molecule has 1 aliphatic heterocycles. The van der Waals surface area contributed by atoms with E-state index in [1.54, 1.807) is 11.8 Å². The second kappa shape index (κ2) is 5.23. The highest BCUT2D eigenvalue weighted by molar-refractivity contribution is 5.68. The molecule has 1 aliphatic rings. The van der Waals surface area contributed by atoms with Gasteiger partial charge in [-0.15, -0.1) is 0 Å². The van der Waals surface area contributed by atoms with Gasteiger partial charge in [0.25, 0.3) is 0 Å². The molecule has 2 unspecified atom stereocenters. The first-order valence-electron chi connectivity index (χ1n) is 6.05. The van der Waals surface area contributed by atoms with Crippen LogP contribution in [-0.2, 0) is 4.74 Å². The molecule has 2 atom stereocenters. The number of aliphatic hydroxyl groups excluding tert-OH is 1. The number of hydrogen-bond donors (Lipinski definition) is 2. The van der Waals surface area contributed by atoms with Crippen molar-refractivity contribution in [2.45, 2.75) is 46.0 Å². The molecule has 2 N–H and O–H groups in total. The van der Waals surface area contributed by atoms with E-state index in [1.807, 2.05) is 20.8 Å². The van der Waals surface area contributed by atoms with Crippen LogP contribution in [0.5, 0.6) is 0 Å². The van der Waals surface area contributed by atoms with Gasteiger partial charge in [0.2, 0.25) is 0 Å². The molecule has 1 saturated heterocycles. The Morgan fingerprint density at radius 2 is 2.00 bits per heavy atom. The van der Waals surface area contributed by atoms with Crippen molar-refractivity contribution in [3.05, 3.63) is 0 Å². The van der Waals surface area contributed by atoms with E-state index in [1.165, 1.54) is 0 Å². The van der Waals surface area contributed by atoms with Crippen LogP contribution in [0.2, 0.25) is 0 Å². The van der Waals surface area contributed by atoms with E-state index >= 15 is 0 Å². The minimum atomic E-state index is -1.32. The molecule has 5 heteroatoms. The minimum Gasteiger partial charge on any atom is -0.444 e. The summed E-state index contributed by atoms with van der Waals surface area (Å²) in [5, 5.41) is 18.2. The van der Waals surface area contributed by atoms with Crippen LogP contribution in [0, 0.1) is 11.8 Å². The fraction of sp³-hybridized carbons (Fsp3) is 0.917. The lowest BCUT2D eigenvalue weighted by Gasteiger charge is -2.25. The fourth-order valence-electron chi connectivity index (χ4n) is 1.95. The Morgan fingerprint density at radius 3 is 2.47 bits per heavy atom. The van der Waals surface area contributed by atoms with Crippen LogP contribution in [0.15, 0.2) is 0 Å². The van der Waals surface area contributed by atoms with E-state index in [-0.39, 0.29) is 17.9 Å². The second-order valence-corrected chi connectivity index (χ2v) is 5.75. The average molecular weight is 245 g/mol. The summed E-state index contributed by atoms with van der Waals surface area (Å²) >= 11 is 0. The Kier molecular flexibility index (Phi) is 4.38. The Balaban J connectivity index is 2.48. The van der Waals surface area contributed by atoms with Gasteiger partial charge in [-0.25, -0.2) is 4.79 Å². The molecule has 1 amide bonds. The SMILES string of the molecule is CC(C(O)O)C1CCN(C(=O)OC(C)(C)C)C1. The van der Waals surface area contributed by atoms with E-state index in [4.69, 9.17) is 14.9 Å². The van der Waals surface area contributed by atoms with E-state index in [0.29, 0.717) is 13.1 Å². The predicted octanol–water partition coefficient (Wildman–Crippen LogP) is 1.19. The zero-order valence-corrected chi connectivity index (χ0v) is 11.0. The lowest BCUT2D eigenvalue weighted by Crippen LogP contribution is -2.36. The van der Waals surface area contributed by atoms with Crippen molar-refractivity contribution in [1.82, 2.24) is 4.90 Å². The molecule has 100 valence electrons. The second-order valence-electron chi connectivity index (χ2n) is 5.75. The van der Waals surface area contributed by atoms with E-state index in [2.05, 4.69) is 0 Å². The maximum absolute atomic E-state index is 11.8. The number of ether oxygens (including phenoxy) is 1. The van der Waals surface area contributed by atoms with Crippen LogP contribution >= 0.6 is 0 Å². The van der Waals surface area contributed by atoms with Gasteiger partial charge < -0.3 is 19.8 Å². The zero-order valence-electron chi connectivity index (χ0n) is 11.0. The van der Waals surface area contributed by atoms with Crippen LogP contribution in [-0.4, -0.2) is 46.2 Å². The molecule has 0 aromatic heterocycles. The van der Waals surface area contributed by atoms with Gasteiger partial charge >= 0.3 is 6.09 Å². The monoisotopic (exact) mass is 245 g/mol. The van der Waals surface area contributed by atoms with Gasteiger partial charge in [-0.2, -0.15) is 0 Å². The largest absolute Gasteiger partial charge is 0.444 e. The van der Waals surface area contributed by atoms with Gasteiger partial charge in [0.05, 0.1) is 0 Å². The van der Waals surface area contributed by atoms with Crippen LogP contribution in [0.1, 0.15) is 34.1 Å². The lowest BCUT2D eigenvalue weighted by molar-refractivity contribution is -0.0931. The summed E-state index contributed by atoms with van der Waals surface area (Å²) in [6.07, 6.45) is -0.851. The number of rotatable bonds is 2.